The van der Waals surface area contributed by atoms with Crippen molar-refractivity contribution in [1.82, 2.24) is 9.97 Å². The van der Waals surface area contributed by atoms with E-state index in [1.54, 1.807) is 36.7 Å². The normalized spacial score (nSPS) is 11.0. The van der Waals surface area contributed by atoms with Gasteiger partial charge in [0.25, 0.3) is 5.91 Å². The fourth-order valence-electron chi connectivity index (χ4n) is 1.63. The lowest BCUT2D eigenvalue weighted by Gasteiger charge is -2.24. The molecule has 0 bridgehead atoms. The van der Waals surface area contributed by atoms with E-state index in [1.165, 1.54) is 6.20 Å². The van der Waals surface area contributed by atoms with Crippen molar-refractivity contribution < 1.29 is 9.90 Å². The number of amides is 1. The number of hydrogen-bond donors (Lipinski definition) is 3. The van der Waals surface area contributed by atoms with E-state index in [1.807, 2.05) is 13.8 Å². The van der Waals surface area contributed by atoms with Gasteiger partial charge in [0, 0.05) is 12.4 Å². The number of rotatable bonds is 5. The topological polar surface area (TPSA) is 87.1 Å². The van der Waals surface area contributed by atoms with Crippen LogP contribution in [0.3, 0.4) is 0 Å². The van der Waals surface area contributed by atoms with Crippen LogP contribution in [0.25, 0.3) is 0 Å². The van der Waals surface area contributed by atoms with Crippen LogP contribution in [-0.4, -0.2) is 33.1 Å². The molecule has 6 nitrogen and oxygen atoms in total. The van der Waals surface area contributed by atoms with Crippen molar-refractivity contribution in [2.75, 3.05) is 17.2 Å². The summed E-state index contributed by atoms with van der Waals surface area (Å²) in [4.78, 5) is 20.1. The molecule has 0 fully saturated rings. The molecular weight excluding hydrogens is 268 g/mol. The number of nitrogens with one attached hydrogen (secondary N) is 2. The summed E-state index contributed by atoms with van der Waals surface area (Å²) >= 11 is 0. The van der Waals surface area contributed by atoms with E-state index in [9.17, 15) is 9.90 Å². The number of aliphatic hydroxyl groups excluding tert-OH is 1. The average molecular weight is 286 g/mol. The molecule has 3 N–H and O–H groups in total. The van der Waals surface area contributed by atoms with Crippen LogP contribution in [0.2, 0.25) is 0 Å². The molecule has 0 saturated heterocycles. The summed E-state index contributed by atoms with van der Waals surface area (Å²) < 4.78 is 0. The van der Waals surface area contributed by atoms with Crippen molar-refractivity contribution in [1.29, 1.82) is 0 Å². The minimum Gasteiger partial charge on any atom is -0.394 e. The quantitative estimate of drug-likeness (QED) is 0.781. The second-order valence-corrected chi connectivity index (χ2v) is 5.29. The summed E-state index contributed by atoms with van der Waals surface area (Å²) in [6, 6.07) is 6.89. The Labute approximate surface area is 123 Å². The van der Waals surface area contributed by atoms with Gasteiger partial charge in [-0.2, -0.15) is 0 Å². The van der Waals surface area contributed by atoms with Crippen LogP contribution >= 0.6 is 0 Å². The highest BCUT2D eigenvalue weighted by molar-refractivity contribution is 6.03. The molecule has 0 atom stereocenters. The van der Waals surface area contributed by atoms with E-state index in [0.29, 0.717) is 17.1 Å². The zero-order valence-corrected chi connectivity index (χ0v) is 12.0. The van der Waals surface area contributed by atoms with Crippen LogP contribution in [0, 0.1) is 0 Å². The van der Waals surface area contributed by atoms with Gasteiger partial charge in [0.15, 0.2) is 0 Å². The van der Waals surface area contributed by atoms with Gasteiger partial charge < -0.3 is 15.7 Å². The lowest BCUT2D eigenvalue weighted by atomic mass is 10.1. The SMILES string of the molecule is CC(C)(CO)Nc1ccc(NC(=O)c2cccnc2)cn1. The molecule has 2 aromatic heterocycles. The Bertz CT molecular complexity index is 597. The maximum atomic E-state index is 11.9. The highest BCUT2D eigenvalue weighted by Gasteiger charge is 2.16. The number of pyridine rings is 2. The van der Waals surface area contributed by atoms with E-state index in [0.717, 1.165) is 0 Å². The highest BCUT2D eigenvalue weighted by atomic mass is 16.3. The molecule has 2 aromatic rings. The summed E-state index contributed by atoms with van der Waals surface area (Å²) in [5.74, 6) is 0.398. The minimum absolute atomic E-state index is 0.00578. The highest BCUT2D eigenvalue weighted by Crippen LogP contribution is 2.15. The Kier molecular flexibility index (Phi) is 4.49. The van der Waals surface area contributed by atoms with Gasteiger partial charge in [-0.05, 0) is 38.1 Å². The number of carbonyl (C=O) groups excluding carboxylic acids is 1. The predicted molar refractivity (Wildman–Crippen MR) is 81.2 cm³/mol. The molecule has 6 heteroatoms. The molecule has 0 radical (unpaired) electrons. The number of nitrogens with zero attached hydrogens (tertiary/aromatic N) is 2. The molecule has 0 aliphatic carbocycles. The molecule has 0 spiro atoms. The summed E-state index contributed by atoms with van der Waals surface area (Å²) in [7, 11) is 0. The molecule has 0 aromatic carbocycles. The Hall–Kier alpha value is -2.47. The van der Waals surface area contributed by atoms with Crippen LogP contribution in [0.15, 0.2) is 42.9 Å². The molecular formula is C15H18N4O2. The van der Waals surface area contributed by atoms with Gasteiger partial charge >= 0.3 is 0 Å². The molecule has 0 aliphatic heterocycles. The molecule has 1 amide bonds. The van der Waals surface area contributed by atoms with Crippen molar-refractivity contribution in [2.24, 2.45) is 0 Å². The zero-order valence-electron chi connectivity index (χ0n) is 12.0. The first-order valence-corrected chi connectivity index (χ1v) is 6.57. The van der Waals surface area contributed by atoms with Crippen LogP contribution < -0.4 is 10.6 Å². The fraction of sp³-hybridized carbons (Fsp3) is 0.267. The molecule has 0 saturated carbocycles. The van der Waals surface area contributed by atoms with Gasteiger partial charge in [-0.15, -0.1) is 0 Å². The number of anilines is 2. The van der Waals surface area contributed by atoms with Gasteiger partial charge in [-0.1, -0.05) is 0 Å². The Morgan fingerprint density at radius 1 is 1.29 bits per heavy atom. The van der Waals surface area contributed by atoms with Gasteiger partial charge in [0.05, 0.1) is 29.6 Å². The van der Waals surface area contributed by atoms with E-state index in [-0.39, 0.29) is 12.5 Å². The van der Waals surface area contributed by atoms with E-state index >= 15 is 0 Å². The van der Waals surface area contributed by atoms with Gasteiger partial charge in [-0.3, -0.25) is 9.78 Å². The van der Waals surface area contributed by atoms with Crippen molar-refractivity contribution in [3.05, 3.63) is 48.4 Å². The number of carbonyl (C=O) groups is 1. The first kappa shape index (κ1) is 14.9. The summed E-state index contributed by atoms with van der Waals surface area (Å²) in [6.45, 7) is 3.73. The molecule has 2 heterocycles. The Morgan fingerprint density at radius 3 is 2.67 bits per heavy atom. The lowest BCUT2D eigenvalue weighted by Crippen LogP contribution is -2.35. The second-order valence-electron chi connectivity index (χ2n) is 5.29. The molecule has 0 aliphatic rings. The predicted octanol–water partition coefficient (Wildman–Crippen LogP) is 1.91. The monoisotopic (exact) mass is 286 g/mol. The van der Waals surface area contributed by atoms with Crippen molar-refractivity contribution in [2.45, 2.75) is 19.4 Å². The zero-order chi connectivity index (χ0) is 15.3. The Morgan fingerprint density at radius 2 is 2.10 bits per heavy atom. The van der Waals surface area contributed by atoms with Gasteiger partial charge in [-0.25, -0.2) is 4.98 Å². The van der Waals surface area contributed by atoms with Crippen LogP contribution in [0.4, 0.5) is 11.5 Å². The third kappa shape index (κ3) is 4.25. The summed E-state index contributed by atoms with van der Waals surface area (Å²) in [5.41, 5.74) is 0.630. The fourth-order valence-corrected chi connectivity index (χ4v) is 1.63. The number of hydrogen-bond acceptors (Lipinski definition) is 5. The van der Waals surface area contributed by atoms with Crippen molar-refractivity contribution in [3.63, 3.8) is 0 Å². The third-order valence-electron chi connectivity index (χ3n) is 2.81. The third-order valence-corrected chi connectivity index (χ3v) is 2.81. The minimum atomic E-state index is -0.451. The lowest BCUT2D eigenvalue weighted by molar-refractivity contribution is 0.102. The summed E-state index contributed by atoms with van der Waals surface area (Å²) in [6.07, 6.45) is 4.67. The smallest absolute Gasteiger partial charge is 0.257 e. The largest absolute Gasteiger partial charge is 0.394 e. The maximum Gasteiger partial charge on any atom is 0.257 e. The Balaban J connectivity index is 2.01. The van der Waals surface area contributed by atoms with E-state index in [4.69, 9.17) is 0 Å². The second kappa shape index (κ2) is 6.32. The standard InChI is InChI=1S/C15H18N4O2/c1-15(2,10-20)19-13-6-5-12(9-17-13)18-14(21)11-4-3-7-16-8-11/h3-9,20H,10H2,1-2H3,(H,17,19)(H,18,21). The van der Waals surface area contributed by atoms with Crippen molar-refractivity contribution in [3.8, 4) is 0 Å². The number of aliphatic hydroxyl groups is 1. The summed E-state index contributed by atoms with van der Waals surface area (Å²) in [5, 5.41) is 15.0. The average Bonchev–Trinajstić information content (AvgIpc) is 2.50. The van der Waals surface area contributed by atoms with Gasteiger partial charge in [0.2, 0.25) is 0 Å². The van der Waals surface area contributed by atoms with Crippen LogP contribution in [0.5, 0.6) is 0 Å². The van der Waals surface area contributed by atoms with Crippen LogP contribution in [0.1, 0.15) is 24.2 Å². The van der Waals surface area contributed by atoms with E-state index in [2.05, 4.69) is 20.6 Å². The molecule has 0 unspecified atom stereocenters. The maximum absolute atomic E-state index is 11.9. The number of aromatic nitrogens is 2. The van der Waals surface area contributed by atoms with E-state index < -0.39 is 5.54 Å². The van der Waals surface area contributed by atoms with Gasteiger partial charge in [0.1, 0.15) is 5.82 Å². The molecule has 2 rings (SSSR count). The van der Waals surface area contributed by atoms with Crippen LogP contribution in [-0.2, 0) is 0 Å². The molecule has 110 valence electrons. The molecule has 21 heavy (non-hydrogen) atoms. The van der Waals surface area contributed by atoms with Crippen molar-refractivity contribution >= 4 is 17.4 Å². The first-order chi connectivity index (χ1) is 10.00. The first-order valence-electron chi connectivity index (χ1n) is 6.57.